The van der Waals surface area contributed by atoms with Crippen molar-refractivity contribution in [1.82, 2.24) is 15.1 Å². The van der Waals surface area contributed by atoms with Gasteiger partial charge in [0.25, 0.3) is 15.9 Å². The molecule has 0 spiro atoms. The lowest BCUT2D eigenvalue weighted by atomic mass is 10.2. The fraction of sp³-hybridized carbons (Fsp3) is 0.400. The van der Waals surface area contributed by atoms with Crippen LogP contribution in [0.1, 0.15) is 23.7 Å². The van der Waals surface area contributed by atoms with E-state index in [9.17, 15) is 22.8 Å². The Morgan fingerprint density at radius 2 is 1.93 bits per heavy atom. The highest BCUT2D eigenvalue weighted by Crippen LogP contribution is 2.23. The lowest BCUT2D eigenvalue weighted by Gasteiger charge is -2.15. The molecule has 150 valence electrons. The molecular formula is C15H20ClN3O7S. The molecule has 0 radical (unpaired) electrons. The number of imide groups is 1. The van der Waals surface area contributed by atoms with E-state index in [1.807, 2.05) is 12.2 Å². The molecule has 0 aliphatic heterocycles. The van der Waals surface area contributed by atoms with E-state index in [1.54, 1.807) is 0 Å². The first-order chi connectivity index (χ1) is 12.6. The number of ether oxygens (including phenoxy) is 1. The largest absolute Gasteiger partial charge is 0.452 e. The molecule has 1 rings (SSSR count). The minimum absolute atomic E-state index is 0.0693. The molecule has 2 N–H and O–H groups in total. The molecule has 0 aromatic heterocycles. The normalized spacial score (nSPS) is 11.1. The van der Waals surface area contributed by atoms with Crippen LogP contribution in [0.2, 0.25) is 5.02 Å². The predicted molar refractivity (Wildman–Crippen MR) is 95.5 cm³/mol. The molecule has 1 aromatic rings. The van der Waals surface area contributed by atoms with Crippen LogP contribution in [0.5, 0.6) is 0 Å². The Labute approximate surface area is 161 Å². The molecule has 0 bridgehead atoms. The third kappa shape index (κ3) is 6.47. The molecule has 0 unspecified atom stereocenters. The maximum atomic E-state index is 12.2. The van der Waals surface area contributed by atoms with E-state index >= 15 is 0 Å². The van der Waals surface area contributed by atoms with Crippen LogP contribution in [0.15, 0.2) is 23.1 Å². The minimum atomic E-state index is -4.01. The van der Waals surface area contributed by atoms with Gasteiger partial charge in [0.2, 0.25) is 0 Å². The zero-order valence-corrected chi connectivity index (χ0v) is 16.5. The number of urea groups is 1. The van der Waals surface area contributed by atoms with Crippen LogP contribution in [0.3, 0.4) is 0 Å². The monoisotopic (exact) mass is 421 g/mol. The van der Waals surface area contributed by atoms with Crippen molar-refractivity contribution in [2.75, 3.05) is 27.3 Å². The van der Waals surface area contributed by atoms with Crippen LogP contribution in [-0.2, 0) is 24.4 Å². The van der Waals surface area contributed by atoms with Crippen LogP contribution in [0, 0.1) is 0 Å². The molecule has 12 heteroatoms. The Morgan fingerprint density at radius 1 is 1.26 bits per heavy atom. The van der Waals surface area contributed by atoms with Crippen LogP contribution >= 0.6 is 11.6 Å². The van der Waals surface area contributed by atoms with Gasteiger partial charge in [0.1, 0.15) is 0 Å². The second kappa shape index (κ2) is 10.2. The summed E-state index contributed by atoms with van der Waals surface area (Å²) in [5, 5.41) is 4.32. The van der Waals surface area contributed by atoms with Crippen molar-refractivity contribution in [2.24, 2.45) is 0 Å². The van der Waals surface area contributed by atoms with E-state index in [1.165, 1.54) is 19.2 Å². The number of esters is 1. The average molecular weight is 422 g/mol. The number of benzene rings is 1. The summed E-state index contributed by atoms with van der Waals surface area (Å²) in [6.07, 6.45) is 0.687. The van der Waals surface area contributed by atoms with Crippen molar-refractivity contribution in [3.63, 3.8) is 0 Å². The molecular weight excluding hydrogens is 402 g/mol. The van der Waals surface area contributed by atoms with Crippen LogP contribution in [-0.4, -0.2) is 58.1 Å². The first-order valence-corrected chi connectivity index (χ1v) is 9.52. The highest BCUT2D eigenvalue weighted by atomic mass is 35.5. The minimum Gasteiger partial charge on any atom is -0.452 e. The van der Waals surface area contributed by atoms with Crippen molar-refractivity contribution in [3.8, 4) is 0 Å². The van der Waals surface area contributed by atoms with Gasteiger partial charge in [-0.3, -0.25) is 14.9 Å². The number of nitrogens with one attached hydrogen (secondary N) is 2. The fourth-order valence-corrected chi connectivity index (χ4v) is 2.92. The van der Waals surface area contributed by atoms with E-state index in [4.69, 9.17) is 16.3 Å². The maximum Gasteiger partial charge on any atom is 0.340 e. The van der Waals surface area contributed by atoms with E-state index in [0.717, 1.165) is 13.2 Å². The molecule has 3 amide bonds. The van der Waals surface area contributed by atoms with E-state index in [-0.39, 0.29) is 15.5 Å². The van der Waals surface area contributed by atoms with E-state index in [2.05, 4.69) is 10.2 Å². The summed E-state index contributed by atoms with van der Waals surface area (Å²) in [5.41, 5.74) is -0.259. The van der Waals surface area contributed by atoms with Crippen LogP contribution in [0.25, 0.3) is 0 Å². The van der Waals surface area contributed by atoms with E-state index < -0.39 is 34.5 Å². The van der Waals surface area contributed by atoms with Crippen molar-refractivity contribution >= 4 is 39.5 Å². The first kappa shape index (κ1) is 22.8. The summed E-state index contributed by atoms with van der Waals surface area (Å²) in [4.78, 5) is 39.4. The summed E-state index contributed by atoms with van der Waals surface area (Å²) in [6, 6.07) is 2.68. The Balaban J connectivity index is 2.82. The molecule has 0 fully saturated rings. The standard InChI is InChI=1S/C15H20ClN3O7S/c1-4-7-17-15(22)18-13(20)9-26-14(21)11-8-10(5-6-12(11)16)27(23,24)19(2)25-3/h5-6,8H,4,7,9H2,1-3H3,(H2,17,18,20,22). The number of amides is 3. The number of rotatable bonds is 8. The van der Waals surface area contributed by atoms with Crippen LogP contribution in [0.4, 0.5) is 4.79 Å². The summed E-state index contributed by atoms with van der Waals surface area (Å²) in [5.74, 6) is -1.88. The Kier molecular flexibility index (Phi) is 8.63. The number of hydrogen-bond donors (Lipinski definition) is 2. The van der Waals surface area contributed by atoms with Crippen molar-refractivity contribution in [3.05, 3.63) is 28.8 Å². The number of carbonyl (C=O) groups excluding carboxylic acids is 3. The van der Waals surface area contributed by atoms with Gasteiger partial charge in [-0.15, -0.1) is 0 Å². The van der Waals surface area contributed by atoms with Crippen molar-refractivity contribution < 1.29 is 32.4 Å². The summed E-state index contributed by atoms with van der Waals surface area (Å²) in [7, 11) is -1.66. The van der Waals surface area contributed by atoms with Gasteiger partial charge >= 0.3 is 12.0 Å². The highest BCUT2D eigenvalue weighted by molar-refractivity contribution is 7.89. The lowest BCUT2D eigenvalue weighted by Crippen LogP contribution is -2.41. The zero-order valence-electron chi connectivity index (χ0n) is 14.9. The first-order valence-electron chi connectivity index (χ1n) is 7.70. The molecule has 0 aliphatic carbocycles. The number of hydrogen-bond acceptors (Lipinski definition) is 7. The van der Waals surface area contributed by atoms with Gasteiger partial charge < -0.3 is 10.1 Å². The SMILES string of the molecule is CCCNC(=O)NC(=O)COC(=O)c1cc(S(=O)(=O)N(C)OC)ccc1Cl. The molecule has 0 heterocycles. The fourth-order valence-electron chi connectivity index (χ4n) is 1.72. The average Bonchev–Trinajstić information content (AvgIpc) is 2.63. The molecule has 0 atom stereocenters. The second-order valence-electron chi connectivity index (χ2n) is 5.12. The number of hydroxylamine groups is 1. The number of nitrogens with zero attached hydrogens (tertiary/aromatic N) is 1. The number of halogens is 1. The molecule has 27 heavy (non-hydrogen) atoms. The Hall–Kier alpha value is -2.21. The third-order valence-electron chi connectivity index (χ3n) is 3.17. The quantitative estimate of drug-likeness (QED) is 0.471. The summed E-state index contributed by atoms with van der Waals surface area (Å²) >= 11 is 5.91. The predicted octanol–water partition coefficient (Wildman–Crippen LogP) is 0.915. The topological polar surface area (TPSA) is 131 Å². The summed E-state index contributed by atoms with van der Waals surface area (Å²) in [6.45, 7) is 1.47. The highest BCUT2D eigenvalue weighted by Gasteiger charge is 2.24. The molecule has 0 aliphatic rings. The lowest BCUT2D eigenvalue weighted by molar-refractivity contribution is -0.123. The molecule has 0 saturated heterocycles. The Morgan fingerprint density at radius 3 is 2.52 bits per heavy atom. The maximum absolute atomic E-state index is 12.2. The van der Waals surface area contributed by atoms with Gasteiger partial charge in [0.05, 0.1) is 22.6 Å². The van der Waals surface area contributed by atoms with Gasteiger partial charge in [-0.25, -0.2) is 18.0 Å². The smallest absolute Gasteiger partial charge is 0.340 e. The van der Waals surface area contributed by atoms with Crippen molar-refractivity contribution in [1.29, 1.82) is 0 Å². The molecule has 0 saturated carbocycles. The third-order valence-corrected chi connectivity index (χ3v) is 5.18. The number of sulfonamides is 1. The van der Waals surface area contributed by atoms with E-state index in [0.29, 0.717) is 17.4 Å². The van der Waals surface area contributed by atoms with Gasteiger partial charge in [0.15, 0.2) is 6.61 Å². The van der Waals surface area contributed by atoms with Crippen molar-refractivity contribution in [2.45, 2.75) is 18.2 Å². The second-order valence-corrected chi connectivity index (χ2v) is 7.46. The van der Waals surface area contributed by atoms with Gasteiger partial charge in [-0.2, -0.15) is 0 Å². The van der Waals surface area contributed by atoms with Gasteiger partial charge in [-0.05, 0) is 24.6 Å². The van der Waals surface area contributed by atoms with Gasteiger partial charge in [-0.1, -0.05) is 23.0 Å². The van der Waals surface area contributed by atoms with Gasteiger partial charge in [0, 0.05) is 13.6 Å². The van der Waals surface area contributed by atoms with Crippen LogP contribution < -0.4 is 10.6 Å². The zero-order chi connectivity index (χ0) is 20.6. The molecule has 1 aromatic carbocycles. The summed E-state index contributed by atoms with van der Waals surface area (Å²) < 4.78 is 29.8. The molecule has 10 nitrogen and oxygen atoms in total. The Bertz CT molecular complexity index is 814. The number of carbonyl (C=O) groups is 3.